The number of pyridine rings is 1. The molecule has 1 amide bonds. The van der Waals surface area contributed by atoms with Crippen molar-refractivity contribution < 1.29 is 9.53 Å². The van der Waals surface area contributed by atoms with Crippen LogP contribution < -0.4 is 15.4 Å². The molecule has 2 aromatic rings. The number of hydrogen-bond acceptors (Lipinski definition) is 4. The van der Waals surface area contributed by atoms with Crippen molar-refractivity contribution in [1.29, 1.82) is 0 Å². The molecule has 0 aliphatic carbocycles. The lowest BCUT2D eigenvalue weighted by Gasteiger charge is -2.23. The van der Waals surface area contributed by atoms with Crippen LogP contribution in [0, 0.1) is 5.92 Å². The summed E-state index contributed by atoms with van der Waals surface area (Å²) in [4.78, 5) is 16.7. The molecule has 1 atom stereocenters. The van der Waals surface area contributed by atoms with Crippen LogP contribution in [-0.2, 0) is 0 Å². The molecule has 142 valence electrons. The number of ether oxygens (including phenoxy) is 1. The predicted octanol–water partition coefficient (Wildman–Crippen LogP) is 4.21. The van der Waals surface area contributed by atoms with E-state index in [9.17, 15) is 4.79 Å². The normalized spacial score (nSPS) is 16.0. The van der Waals surface area contributed by atoms with Crippen molar-refractivity contribution in [2.75, 3.05) is 19.6 Å². The van der Waals surface area contributed by atoms with Gasteiger partial charge in [0.15, 0.2) is 0 Å². The number of carbonyl (C=O) groups excluding carboxylic acids is 1. The Kier molecular flexibility index (Phi) is 9.94. The molecule has 26 heavy (non-hydrogen) atoms. The fourth-order valence-corrected chi connectivity index (χ4v) is 2.95. The topological polar surface area (TPSA) is 63.2 Å². The van der Waals surface area contributed by atoms with E-state index in [0.717, 1.165) is 30.4 Å². The van der Waals surface area contributed by atoms with Crippen LogP contribution in [0.4, 0.5) is 0 Å². The second kappa shape index (κ2) is 11.4. The van der Waals surface area contributed by atoms with Gasteiger partial charge in [-0.25, -0.2) is 4.98 Å². The number of benzene rings is 1. The van der Waals surface area contributed by atoms with E-state index in [1.807, 2.05) is 24.3 Å². The average molecular weight is 463 g/mol. The van der Waals surface area contributed by atoms with Crippen LogP contribution in [-0.4, -0.2) is 30.5 Å². The molecule has 5 nitrogen and oxygen atoms in total. The molecule has 1 fully saturated rings. The van der Waals surface area contributed by atoms with Crippen molar-refractivity contribution in [2.45, 2.75) is 12.8 Å². The van der Waals surface area contributed by atoms with E-state index in [1.165, 1.54) is 0 Å². The molecule has 1 aromatic heterocycles. The Bertz CT molecular complexity index is 695. The summed E-state index contributed by atoms with van der Waals surface area (Å²) in [5, 5.41) is 6.35. The Morgan fingerprint density at radius 1 is 1.27 bits per heavy atom. The van der Waals surface area contributed by atoms with Gasteiger partial charge in [-0.05, 0) is 68.2 Å². The number of amides is 1. The van der Waals surface area contributed by atoms with E-state index in [1.54, 1.807) is 18.3 Å². The number of nitrogens with one attached hydrogen (secondary N) is 2. The molecule has 0 spiro atoms. The van der Waals surface area contributed by atoms with Gasteiger partial charge >= 0.3 is 0 Å². The zero-order valence-corrected chi connectivity index (χ0v) is 17.3. The summed E-state index contributed by atoms with van der Waals surface area (Å²) in [6.45, 7) is 2.69. The van der Waals surface area contributed by atoms with Gasteiger partial charge in [0.05, 0.1) is 0 Å². The fourth-order valence-electron chi connectivity index (χ4n) is 2.69. The first-order valence-electron chi connectivity index (χ1n) is 8.10. The Hall–Kier alpha value is -1.34. The number of hydrogen-bond donors (Lipinski definition) is 2. The van der Waals surface area contributed by atoms with Crippen molar-refractivity contribution in [1.82, 2.24) is 15.6 Å². The van der Waals surface area contributed by atoms with E-state index >= 15 is 0 Å². The first-order valence-corrected chi connectivity index (χ1v) is 8.89. The first kappa shape index (κ1) is 22.7. The molecule has 1 unspecified atom stereocenters. The third-order valence-corrected chi connectivity index (χ3v) is 4.52. The molecule has 2 N–H and O–H groups in total. The minimum absolute atomic E-state index is 0. The van der Waals surface area contributed by atoms with Gasteiger partial charge in [-0.2, -0.15) is 0 Å². The zero-order chi connectivity index (χ0) is 16.8. The highest BCUT2D eigenvalue weighted by Gasteiger charge is 2.17. The number of carbonyl (C=O) groups is 1. The Labute approximate surface area is 174 Å². The highest BCUT2D eigenvalue weighted by atomic mass is 79.9. The third-order valence-electron chi connectivity index (χ3n) is 3.99. The van der Waals surface area contributed by atoms with Crippen LogP contribution in [0.3, 0.4) is 0 Å². The molecule has 8 heteroatoms. The second-order valence-corrected chi connectivity index (χ2v) is 6.75. The third kappa shape index (κ3) is 6.43. The quantitative estimate of drug-likeness (QED) is 0.698. The van der Waals surface area contributed by atoms with Gasteiger partial charge in [-0.3, -0.25) is 4.79 Å². The maximum atomic E-state index is 12.5. The van der Waals surface area contributed by atoms with E-state index in [-0.39, 0.29) is 30.7 Å². The van der Waals surface area contributed by atoms with Crippen LogP contribution >= 0.6 is 40.7 Å². The van der Waals surface area contributed by atoms with Crippen LogP contribution in [0.25, 0.3) is 0 Å². The van der Waals surface area contributed by atoms with E-state index < -0.39 is 0 Å². The summed E-state index contributed by atoms with van der Waals surface area (Å²) in [6, 6.07) is 10.9. The number of aromatic nitrogens is 1. The summed E-state index contributed by atoms with van der Waals surface area (Å²) < 4.78 is 6.74. The maximum Gasteiger partial charge on any atom is 0.256 e. The maximum absolute atomic E-state index is 12.5. The van der Waals surface area contributed by atoms with Crippen molar-refractivity contribution in [3.63, 3.8) is 0 Å². The van der Waals surface area contributed by atoms with Crippen molar-refractivity contribution in [3.05, 3.63) is 52.6 Å². The van der Waals surface area contributed by atoms with Gasteiger partial charge < -0.3 is 15.4 Å². The molecule has 0 radical (unpaired) electrons. The number of rotatable bonds is 5. The largest absolute Gasteiger partial charge is 0.438 e. The lowest BCUT2D eigenvalue weighted by molar-refractivity contribution is 0.0942. The van der Waals surface area contributed by atoms with Gasteiger partial charge in [-0.15, -0.1) is 24.8 Å². The number of halogens is 3. The average Bonchev–Trinajstić information content (AvgIpc) is 2.63. The first-order chi connectivity index (χ1) is 11.7. The Balaban J connectivity index is 0.00000169. The van der Waals surface area contributed by atoms with Gasteiger partial charge in [0.1, 0.15) is 11.3 Å². The van der Waals surface area contributed by atoms with Crippen molar-refractivity contribution in [2.24, 2.45) is 5.92 Å². The molecule has 0 bridgehead atoms. The molecular weight excluding hydrogens is 441 g/mol. The van der Waals surface area contributed by atoms with Gasteiger partial charge in [0, 0.05) is 17.2 Å². The van der Waals surface area contributed by atoms with Gasteiger partial charge in [0.25, 0.3) is 5.91 Å². The summed E-state index contributed by atoms with van der Waals surface area (Å²) in [5.74, 6) is 1.29. The van der Waals surface area contributed by atoms with E-state index in [0.29, 0.717) is 29.7 Å². The lowest BCUT2D eigenvalue weighted by Crippen LogP contribution is -2.38. The van der Waals surface area contributed by atoms with Gasteiger partial charge in [0.2, 0.25) is 5.88 Å². The molecule has 1 aliphatic rings. The highest BCUT2D eigenvalue weighted by Crippen LogP contribution is 2.24. The summed E-state index contributed by atoms with van der Waals surface area (Å²) in [5.41, 5.74) is 0.448. The standard InChI is InChI=1S/C18H20BrN3O2.2ClH/c19-14-5-7-15(8-6-14)24-18-16(4-2-10-21-18)17(23)22-12-13-3-1-9-20-11-13;;/h2,4-8,10,13,20H,1,3,9,11-12H2,(H,22,23);2*1H. The summed E-state index contributed by atoms with van der Waals surface area (Å²) in [6.07, 6.45) is 3.92. The lowest BCUT2D eigenvalue weighted by atomic mass is 10.00. The van der Waals surface area contributed by atoms with Crippen LogP contribution in [0.2, 0.25) is 0 Å². The molecular formula is C18H22BrCl2N3O2. The van der Waals surface area contributed by atoms with Crippen LogP contribution in [0.15, 0.2) is 47.1 Å². The monoisotopic (exact) mass is 461 g/mol. The number of piperidine rings is 1. The van der Waals surface area contributed by atoms with Crippen molar-refractivity contribution in [3.8, 4) is 11.6 Å². The Morgan fingerprint density at radius 2 is 2.04 bits per heavy atom. The Morgan fingerprint density at radius 3 is 2.73 bits per heavy atom. The summed E-state index contributed by atoms with van der Waals surface area (Å²) >= 11 is 3.39. The van der Waals surface area contributed by atoms with E-state index in [2.05, 4.69) is 31.5 Å². The molecule has 0 saturated carbocycles. The predicted molar refractivity (Wildman–Crippen MR) is 111 cm³/mol. The molecule has 3 rings (SSSR count). The van der Waals surface area contributed by atoms with Gasteiger partial charge in [-0.1, -0.05) is 15.9 Å². The smallest absolute Gasteiger partial charge is 0.256 e. The van der Waals surface area contributed by atoms with Crippen LogP contribution in [0.1, 0.15) is 23.2 Å². The molecule has 1 aromatic carbocycles. The minimum atomic E-state index is -0.152. The fraction of sp³-hybridized carbons (Fsp3) is 0.333. The molecule has 1 aliphatic heterocycles. The zero-order valence-electron chi connectivity index (χ0n) is 14.1. The minimum Gasteiger partial charge on any atom is -0.438 e. The van der Waals surface area contributed by atoms with E-state index in [4.69, 9.17) is 4.74 Å². The number of nitrogens with zero attached hydrogens (tertiary/aromatic N) is 1. The molecule has 2 heterocycles. The summed E-state index contributed by atoms with van der Waals surface area (Å²) in [7, 11) is 0. The van der Waals surface area contributed by atoms with Crippen molar-refractivity contribution >= 4 is 46.7 Å². The van der Waals surface area contributed by atoms with Crippen LogP contribution in [0.5, 0.6) is 11.6 Å². The SMILES string of the molecule is Cl.Cl.O=C(NCC1CCCNC1)c1cccnc1Oc1ccc(Br)cc1. The second-order valence-electron chi connectivity index (χ2n) is 5.83. The molecule has 1 saturated heterocycles. The highest BCUT2D eigenvalue weighted by molar-refractivity contribution is 9.10.